The van der Waals surface area contributed by atoms with E-state index in [-0.39, 0.29) is 5.56 Å². The zero-order valence-corrected chi connectivity index (χ0v) is 16.4. The zero-order valence-electron chi connectivity index (χ0n) is 16.4. The van der Waals surface area contributed by atoms with E-state index in [1.165, 1.54) is 5.56 Å². The quantitative estimate of drug-likeness (QED) is 0.670. The van der Waals surface area contributed by atoms with Crippen molar-refractivity contribution >= 4 is 0 Å². The molecule has 150 valence electrons. The van der Waals surface area contributed by atoms with Gasteiger partial charge in [0.1, 0.15) is 13.2 Å². The number of hydrogen-bond acceptors (Lipinski definition) is 5. The number of nitrogens with zero attached hydrogens (tertiary/aromatic N) is 1. The molecule has 1 aromatic heterocycles. The van der Waals surface area contributed by atoms with Gasteiger partial charge < -0.3 is 24.1 Å². The van der Waals surface area contributed by atoms with Crippen LogP contribution < -0.4 is 25.1 Å². The summed E-state index contributed by atoms with van der Waals surface area (Å²) in [5, 5.41) is 3.45. The topological polar surface area (TPSA) is 61.7 Å². The second-order valence-corrected chi connectivity index (χ2v) is 6.91. The van der Waals surface area contributed by atoms with Gasteiger partial charge in [0.05, 0.1) is 13.7 Å². The molecule has 0 fully saturated rings. The fourth-order valence-electron chi connectivity index (χ4n) is 3.33. The van der Waals surface area contributed by atoms with Crippen LogP contribution in [0.25, 0.3) is 0 Å². The monoisotopic (exact) mass is 392 g/mol. The van der Waals surface area contributed by atoms with Crippen molar-refractivity contribution < 1.29 is 14.2 Å². The molecule has 0 atom stereocenters. The molecule has 0 radical (unpaired) electrons. The number of rotatable bonds is 7. The van der Waals surface area contributed by atoms with Crippen LogP contribution in [-0.4, -0.2) is 24.9 Å². The van der Waals surface area contributed by atoms with E-state index in [2.05, 4.69) is 29.6 Å². The van der Waals surface area contributed by atoms with E-state index in [4.69, 9.17) is 14.2 Å². The van der Waals surface area contributed by atoms with Crippen molar-refractivity contribution in [2.75, 3.05) is 20.3 Å². The summed E-state index contributed by atoms with van der Waals surface area (Å²) in [4.78, 5) is 11.8. The Bertz CT molecular complexity index is 1010. The molecule has 0 aliphatic carbocycles. The predicted molar refractivity (Wildman–Crippen MR) is 111 cm³/mol. The molecule has 1 N–H and O–H groups in total. The lowest BCUT2D eigenvalue weighted by Crippen LogP contribution is -2.18. The molecule has 0 saturated heterocycles. The van der Waals surface area contributed by atoms with Crippen LogP contribution in [0.15, 0.2) is 65.6 Å². The van der Waals surface area contributed by atoms with Gasteiger partial charge in [-0.1, -0.05) is 30.3 Å². The molecule has 1 aliphatic heterocycles. The highest BCUT2D eigenvalue weighted by Gasteiger charge is 2.18. The Morgan fingerprint density at radius 3 is 2.52 bits per heavy atom. The van der Waals surface area contributed by atoms with Crippen LogP contribution in [0, 0.1) is 0 Å². The number of pyridine rings is 1. The third-order valence-corrected chi connectivity index (χ3v) is 4.82. The molecule has 3 aromatic rings. The first-order chi connectivity index (χ1) is 14.2. The molecular weight excluding hydrogens is 368 g/mol. The molecule has 1 aliphatic rings. The maximum Gasteiger partial charge on any atom is 0.250 e. The summed E-state index contributed by atoms with van der Waals surface area (Å²) in [5.74, 6) is 2.10. The summed E-state index contributed by atoms with van der Waals surface area (Å²) in [6, 6.07) is 17.4. The molecule has 0 bridgehead atoms. The molecule has 29 heavy (non-hydrogen) atoms. The fraction of sp³-hybridized carbons (Fsp3) is 0.261. The predicted octanol–water partition coefficient (Wildman–Crippen LogP) is 2.97. The summed E-state index contributed by atoms with van der Waals surface area (Å²) in [6.07, 6.45) is 1.80. The highest BCUT2D eigenvalue weighted by molar-refractivity contribution is 5.54. The molecule has 0 amide bonds. The number of nitrogens with one attached hydrogen (secondary N) is 1. The first-order valence-corrected chi connectivity index (χ1v) is 9.63. The molecule has 0 spiro atoms. The molecule has 4 rings (SSSR count). The number of benzene rings is 2. The number of aromatic nitrogens is 1. The van der Waals surface area contributed by atoms with Gasteiger partial charge in [0.2, 0.25) is 5.75 Å². The van der Waals surface area contributed by atoms with Gasteiger partial charge in [-0.15, -0.1) is 0 Å². The Kier molecular flexibility index (Phi) is 5.81. The lowest BCUT2D eigenvalue weighted by Gasteiger charge is -2.21. The van der Waals surface area contributed by atoms with Crippen LogP contribution in [0.5, 0.6) is 17.2 Å². The summed E-state index contributed by atoms with van der Waals surface area (Å²) in [5.41, 5.74) is 3.36. The molecule has 6 nitrogen and oxygen atoms in total. The van der Waals surface area contributed by atoms with Crippen molar-refractivity contribution in [2.24, 2.45) is 0 Å². The van der Waals surface area contributed by atoms with Crippen molar-refractivity contribution in [3.63, 3.8) is 0 Å². The van der Waals surface area contributed by atoms with Crippen LogP contribution in [0.3, 0.4) is 0 Å². The first-order valence-electron chi connectivity index (χ1n) is 9.63. The smallest absolute Gasteiger partial charge is 0.250 e. The van der Waals surface area contributed by atoms with E-state index in [1.54, 1.807) is 30.0 Å². The molecular formula is C23H24N2O4. The number of fused-ring (bicyclic) bond motifs is 1. The van der Waals surface area contributed by atoms with Crippen LogP contribution in [0.1, 0.15) is 16.7 Å². The van der Waals surface area contributed by atoms with Gasteiger partial charge in [0, 0.05) is 25.4 Å². The summed E-state index contributed by atoms with van der Waals surface area (Å²) >= 11 is 0. The van der Waals surface area contributed by atoms with E-state index >= 15 is 0 Å². The SMILES string of the molecule is COc1cc(CNCc2ccc(Cn3ccccc3=O)cc2)cc2c1OCCO2. The van der Waals surface area contributed by atoms with Gasteiger partial charge >= 0.3 is 0 Å². The average molecular weight is 392 g/mol. The Labute approximate surface area is 169 Å². The van der Waals surface area contributed by atoms with Gasteiger partial charge in [0.25, 0.3) is 5.56 Å². The summed E-state index contributed by atoms with van der Waals surface area (Å²) < 4.78 is 18.5. The van der Waals surface area contributed by atoms with Crippen molar-refractivity contribution in [1.82, 2.24) is 9.88 Å². The van der Waals surface area contributed by atoms with Crippen molar-refractivity contribution in [3.8, 4) is 17.2 Å². The second kappa shape index (κ2) is 8.84. The van der Waals surface area contributed by atoms with Gasteiger partial charge in [0.15, 0.2) is 11.5 Å². The molecule has 2 heterocycles. The fourth-order valence-corrected chi connectivity index (χ4v) is 3.33. The minimum atomic E-state index is 0.00750. The van der Waals surface area contributed by atoms with Gasteiger partial charge in [-0.3, -0.25) is 4.79 Å². The lowest BCUT2D eigenvalue weighted by atomic mass is 10.1. The number of hydrogen-bond donors (Lipinski definition) is 1. The van der Waals surface area contributed by atoms with E-state index in [1.807, 2.05) is 18.2 Å². The van der Waals surface area contributed by atoms with Crippen molar-refractivity contribution in [3.05, 3.63) is 87.8 Å². The van der Waals surface area contributed by atoms with E-state index in [0.717, 1.165) is 23.4 Å². The normalized spacial score (nSPS) is 12.6. The Hall–Kier alpha value is -3.25. The minimum absolute atomic E-state index is 0.00750. The zero-order chi connectivity index (χ0) is 20.1. The van der Waals surface area contributed by atoms with Crippen LogP contribution in [-0.2, 0) is 19.6 Å². The van der Waals surface area contributed by atoms with E-state index in [9.17, 15) is 4.79 Å². The van der Waals surface area contributed by atoms with Crippen LogP contribution in [0.4, 0.5) is 0 Å². The maximum absolute atomic E-state index is 11.8. The van der Waals surface area contributed by atoms with Gasteiger partial charge in [-0.2, -0.15) is 0 Å². The highest BCUT2D eigenvalue weighted by Crippen LogP contribution is 2.40. The summed E-state index contributed by atoms with van der Waals surface area (Å²) in [7, 11) is 1.63. The Balaban J connectivity index is 1.35. The number of ether oxygens (including phenoxy) is 3. The van der Waals surface area contributed by atoms with Gasteiger partial charge in [-0.25, -0.2) is 0 Å². The third kappa shape index (κ3) is 4.60. The van der Waals surface area contributed by atoms with Crippen molar-refractivity contribution in [1.29, 1.82) is 0 Å². The minimum Gasteiger partial charge on any atom is -0.493 e. The van der Waals surface area contributed by atoms with Crippen molar-refractivity contribution in [2.45, 2.75) is 19.6 Å². The van der Waals surface area contributed by atoms with E-state index in [0.29, 0.717) is 37.8 Å². The Morgan fingerprint density at radius 2 is 1.72 bits per heavy atom. The molecule has 6 heteroatoms. The van der Waals surface area contributed by atoms with Crippen LogP contribution >= 0.6 is 0 Å². The molecule has 2 aromatic carbocycles. The Morgan fingerprint density at radius 1 is 0.966 bits per heavy atom. The van der Waals surface area contributed by atoms with E-state index < -0.39 is 0 Å². The highest BCUT2D eigenvalue weighted by atomic mass is 16.6. The average Bonchev–Trinajstić information content (AvgIpc) is 2.76. The first kappa shape index (κ1) is 19.1. The second-order valence-electron chi connectivity index (χ2n) is 6.91. The number of methoxy groups -OCH3 is 1. The largest absolute Gasteiger partial charge is 0.493 e. The van der Waals surface area contributed by atoms with Crippen LogP contribution in [0.2, 0.25) is 0 Å². The standard InChI is InChI=1S/C23H24N2O4/c1-27-20-12-19(13-21-23(20)29-11-10-28-21)15-24-14-17-5-7-18(8-6-17)16-25-9-3-2-4-22(25)26/h2-9,12-13,24H,10-11,14-16H2,1H3. The van der Waals surface area contributed by atoms with Gasteiger partial charge in [-0.05, 0) is 34.9 Å². The summed E-state index contributed by atoms with van der Waals surface area (Å²) in [6.45, 7) is 3.09. The lowest BCUT2D eigenvalue weighted by molar-refractivity contribution is 0.165. The molecule has 0 unspecified atom stereocenters. The molecule has 0 saturated carbocycles. The maximum atomic E-state index is 11.8. The third-order valence-electron chi connectivity index (χ3n) is 4.82.